The van der Waals surface area contributed by atoms with Crippen molar-refractivity contribution in [3.8, 4) is 0 Å². The van der Waals surface area contributed by atoms with Crippen LogP contribution >= 0.6 is 0 Å². The monoisotopic (exact) mass is 793 g/mol. The van der Waals surface area contributed by atoms with E-state index < -0.39 is 6.10 Å². The van der Waals surface area contributed by atoms with Gasteiger partial charge in [0.25, 0.3) is 0 Å². The number of hydrogen-bond donors (Lipinski definition) is 0. The molecule has 332 valence electrons. The van der Waals surface area contributed by atoms with Crippen molar-refractivity contribution < 1.29 is 28.6 Å². The Hall–Kier alpha value is -1.59. The van der Waals surface area contributed by atoms with Crippen LogP contribution < -0.4 is 0 Å². The van der Waals surface area contributed by atoms with Crippen LogP contribution in [-0.2, 0) is 28.6 Å². The molecule has 0 aromatic heterocycles. The molecule has 0 aromatic rings. The second kappa shape index (κ2) is 44.5. The van der Waals surface area contributed by atoms with Gasteiger partial charge < -0.3 is 14.2 Å². The number of carbonyl (C=O) groups excluding carboxylic acids is 3. The highest BCUT2D eigenvalue weighted by molar-refractivity contribution is 5.71. The van der Waals surface area contributed by atoms with E-state index in [4.69, 9.17) is 14.2 Å². The molecule has 1 unspecified atom stereocenters. The number of unbranched alkanes of at least 4 members (excludes halogenated alkanes) is 31. The summed E-state index contributed by atoms with van der Waals surface area (Å²) in [6.45, 7) is 9.03. The summed E-state index contributed by atoms with van der Waals surface area (Å²) >= 11 is 0. The number of carbonyl (C=O) groups is 3. The van der Waals surface area contributed by atoms with Crippen LogP contribution in [0.2, 0.25) is 0 Å². The smallest absolute Gasteiger partial charge is 0.306 e. The van der Waals surface area contributed by atoms with E-state index in [1.807, 2.05) is 0 Å². The Morgan fingerprint density at radius 2 is 0.625 bits per heavy atom. The topological polar surface area (TPSA) is 78.9 Å². The van der Waals surface area contributed by atoms with Crippen molar-refractivity contribution in [1.29, 1.82) is 0 Å². The summed E-state index contributed by atoms with van der Waals surface area (Å²) in [7, 11) is 0. The number of ether oxygens (including phenoxy) is 3. The molecular formula is C50H96O6. The van der Waals surface area contributed by atoms with E-state index in [0.29, 0.717) is 19.3 Å². The molecule has 0 aliphatic rings. The first-order valence-corrected chi connectivity index (χ1v) is 24.9. The predicted molar refractivity (Wildman–Crippen MR) is 238 cm³/mol. The van der Waals surface area contributed by atoms with Crippen molar-refractivity contribution in [2.75, 3.05) is 13.2 Å². The van der Waals surface area contributed by atoms with E-state index in [0.717, 1.165) is 63.7 Å². The quantitative estimate of drug-likeness (QED) is 0.0347. The first-order chi connectivity index (χ1) is 27.4. The first-order valence-electron chi connectivity index (χ1n) is 24.9. The Kier molecular flexibility index (Phi) is 43.2. The lowest BCUT2D eigenvalue weighted by Crippen LogP contribution is -2.30. The second-order valence-electron chi connectivity index (χ2n) is 17.3. The molecule has 0 saturated heterocycles. The van der Waals surface area contributed by atoms with E-state index in [1.54, 1.807) is 0 Å². The number of rotatable bonds is 45. The highest BCUT2D eigenvalue weighted by Gasteiger charge is 2.19. The summed E-state index contributed by atoms with van der Waals surface area (Å²) in [5, 5.41) is 0. The SMILES string of the molecule is CCCCCCCCCCCCCCCC(=O)OC[C@H](COC(=O)CCCCCCCCCCCCC)OC(=O)CCCCCCCCCCCCC(C)CC. The van der Waals surface area contributed by atoms with Crippen molar-refractivity contribution in [3.63, 3.8) is 0 Å². The second-order valence-corrected chi connectivity index (χ2v) is 17.3. The highest BCUT2D eigenvalue weighted by atomic mass is 16.6. The Balaban J connectivity index is 4.32. The average Bonchev–Trinajstić information content (AvgIpc) is 3.19. The van der Waals surface area contributed by atoms with Gasteiger partial charge in [-0.05, 0) is 25.2 Å². The van der Waals surface area contributed by atoms with Crippen LogP contribution in [0.25, 0.3) is 0 Å². The van der Waals surface area contributed by atoms with Gasteiger partial charge in [-0.1, -0.05) is 240 Å². The van der Waals surface area contributed by atoms with Gasteiger partial charge in [-0.25, -0.2) is 0 Å². The predicted octanol–water partition coefficient (Wildman–Crippen LogP) is 15.9. The molecule has 6 nitrogen and oxygen atoms in total. The van der Waals surface area contributed by atoms with E-state index >= 15 is 0 Å². The fourth-order valence-corrected chi connectivity index (χ4v) is 7.48. The zero-order valence-corrected chi connectivity index (χ0v) is 38.1. The van der Waals surface area contributed by atoms with E-state index in [-0.39, 0.29) is 31.1 Å². The summed E-state index contributed by atoms with van der Waals surface area (Å²) in [5.41, 5.74) is 0. The van der Waals surface area contributed by atoms with Gasteiger partial charge in [0.15, 0.2) is 6.10 Å². The van der Waals surface area contributed by atoms with Crippen molar-refractivity contribution in [2.24, 2.45) is 5.92 Å². The van der Waals surface area contributed by atoms with Gasteiger partial charge in [0.05, 0.1) is 0 Å². The van der Waals surface area contributed by atoms with Gasteiger partial charge in [-0.15, -0.1) is 0 Å². The van der Waals surface area contributed by atoms with Crippen LogP contribution in [0.15, 0.2) is 0 Å². The standard InChI is InChI=1S/C50H96O6/c1-5-8-10-12-14-16-18-19-21-26-30-34-38-42-49(52)55-45-47(44-54-48(51)41-37-33-29-25-20-17-15-13-11-9-6-2)56-50(53)43-39-35-31-27-23-22-24-28-32-36-40-46(4)7-3/h46-47H,5-45H2,1-4H3/t46?,47-/m0/s1. The maximum Gasteiger partial charge on any atom is 0.306 e. The lowest BCUT2D eigenvalue weighted by atomic mass is 9.99. The number of hydrogen-bond acceptors (Lipinski definition) is 6. The van der Waals surface area contributed by atoms with Crippen LogP contribution in [-0.4, -0.2) is 37.2 Å². The van der Waals surface area contributed by atoms with Gasteiger partial charge in [0.2, 0.25) is 0 Å². The molecule has 0 spiro atoms. The molecule has 2 atom stereocenters. The normalized spacial score (nSPS) is 12.4. The van der Waals surface area contributed by atoms with E-state index in [2.05, 4.69) is 27.7 Å². The van der Waals surface area contributed by atoms with Crippen LogP contribution in [0.1, 0.15) is 278 Å². The molecule has 0 saturated carbocycles. The molecular weight excluding hydrogens is 697 g/mol. The Labute approximate surface area is 348 Å². The summed E-state index contributed by atoms with van der Waals surface area (Å²) in [4.78, 5) is 37.8. The van der Waals surface area contributed by atoms with E-state index in [1.165, 1.54) is 173 Å². The Bertz CT molecular complexity index is 843. The minimum absolute atomic E-state index is 0.0631. The zero-order valence-electron chi connectivity index (χ0n) is 38.1. The fourth-order valence-electron chi connectivity index (χ4n) is 7.48. The van der Waals surface area contributed by atoms with Crippen molar-refractivity contribution >= 4 is 17.9 Å². The molecule has 0 radical (unpaired) electrons. The van der Waals surface area contributed by atoms with Crippen LogP contribution in [0, 0.1) is 5.92 Å². The molecule has 0 rings (SSSR count). The van der Waals surface area contributed by atoms with Gasteiger partial charge in [-0.3, -0.25) is 14.4 Å². The van der Waals surface area contributed by atoms with Gasteiger partial charge in [0, 0.05) is 19.3 Å². The van der Waals surface area contributed by atoms with Gasteiger partial charge in [-0.2, -0.15) is 0 Å². The molecule has 0 aromatic carbocycles. The van der Waals surface area contributed by atoms with Crippen molar-refractivity contribution in [1.82, 2.24) is 0 Å². The fraction of sp³-hybridized carbons (Fsp3) is 0.940. The number of esters is 3. The third-order valence-corrected chi connectivity index (χ3v) is 11.7. The van der Waals surface area contributed by atoms with Crippen molar-refractivity contribution in [3.05, 3.63) is 0 Å². The zero-order chi connectivity index (χ0) is 41.0. The first kappa shape index (κ1) is 54.4. The molecule has 56 heavy (non-hydrogen) atoms. The van der Waals surface area contributed by atoms with Gasteiger partial charge >= 0.3 is 17.9 Å². The average molecular weight is 793 g/mol. The molecule has 6 heteroatoms. The molecule has 0 fully saturated rings. The maximum absolute atomic E-state index is 12.8. The Morgan fingerprint density at radius 1 is 0.357 bits per heavy atom. The van der Waals surface area contributed by atoms with Crippen LogP contribution in [0.4, 0.5) is 0 Å². The molecule has 0 heterocycles. The summed E-state index contributed by atoms with van der Waals surface area (Å²) < 4.78 is 16.8. The minimum atomic E-state index is -0.760. The molecule has 0 N–H and O–H groups in total. The maximum atomic E-state index is 12.8. The summed E-state index contributed by atoms with van der Waals surface area (Å²) in [6, 6.07) is 0. The van der Waals surface area contributed by atoms with E-state index in [9.17, 15) is 14.4 Å². The summed E-state index contributed by atoms with van der Waals surface area (Å²) in [6.07, 6.45) is 45.0. The molecule has 0 bridgehead atoms. The van der Waals surface area contributed by atoms with Crippen LogP contribution in [0.3, 0.4) is 0 Å². The molecule has 0 amide bonds. The molecule has 0 aliphatic carbocycles. The minimum Gasteiger partial charge on any atom is -0.462 e. The van der Waals surface area contributed by atoms with Crippen LogP contribution in [0.5, 0.6) is 0 Å². The highest BCUT2D eigenvalue weighted by Crippen LogP contribution is 2.17. The Morgan fingerprint density at radius 3 is 0.929 bits per heavy atom. The lowest BCUT2D eigenvalue weighted by molar-refractivity contribution is -0.167. The largest absolute Gasteiger partial charge is 0.462 e. The lowest BCUT2D eigenvalue weighted by Gasteiger charge is -2.18. The third-order valence-electron chi connectivity index (χ3n) is 11.7. The summed E-state index contributed by atoms with van der Waals surface area (Å²) in [5.74, 6) is 0.0195. The third kappa shape index (κ3) is 42.0. The van der Waals surface area contributed by atoms with Gasteiger partial charge in [0.1, 0.15) is 13.2 Å². The van der Waals surface area contributed by atoms with Crippen molar-refractivity contribution in [2.45, 2.75) is 284 Å². The molecule has 0 aliphatic heterocycles.